The van der Waals surface area contributed by atoms with E-state index in [0.717, 1.165) is 18.4 Å². The van der Waals surface area contributed by atoms with Crippen molar-refractivity contribution in [3.63, 3.8) is 0 Å². The molecular weight excluding hydrogens is 280 g/mol. The normalized spacial score (nSPS) is 15.4. The Kier molecular flexibility index (Phi) is 5.55. The van der Waals surface area contributed by atoms with E-state index >= 15 is 0 Å². The van der Waals surface area contributed by atoms with Crippen LogP contribution >= 0.6 is 0 Å². The highest BCUT2D eigenvalue weighted by Gasteiger charge is 2.17. The van der Waals surface area contributed by atoms with Crippen molar-refractivity contribution in [2.24, 2.45) is 5.92 Å². The number of fused-ring (bicyclic) bond motifs is 1. The maximum Gasteiger partial charge on any atom is 0.319 e. The van der Waals surface area contributed by atoms with Crippen LogP contribution < -0.4 is 10.6 Å². The van der Waals surface area contributed by atoms with E-state index in [-0.39, 0.29) is 18.4 Å². The van der Waals surface area contributed by atoms with Crippen LogP contribution in [0.4, 0.5) is 10.5 Å². The second-order valence-corrected chi connectivity index (χ2v) is 6.27. The molecule has 0 saturated carbocycles. The van der Waals surface area contributed by atoms with Crippen LogP contribution in [0.1, 0.15) is 49.0 Å². The molecular formula is C17H24N2O3. The largest absolute Gasteiger partial charge is 0.391 e. The summed E-state index contributed by atoms with van der Waals surface area (Å²) in [5.41, 5.74) is 2.36. The number of aliphatic hydroxyl groups is 1. The number of carbonyl (C=O) groups excluding carboxylic acids is 2. The molecule has 22 heavy (non-hydrogen) atoms. The average molecular weight is 304 g/mol. The summed E-state index contributed by atoms with van der Waals surface area (Å²) in [6.45, 7) is 4.26. The van der Waals surface area contributed by atoms with Crippen LogP contribution in [0.15, 0.2) is 18.2 Å². The lowest BCUT2D eigenvalue weighted by atomic mass is 9.90. The minimum absolute atomic E-state index is 0.137. The summed E-state index contributed by atoms with van der Waals surface area (Å²) in [7, 11) is 0. The maximum absolute atomic E-state index is 11.9. The molecule has 0 aliphatic heterocycles. The number of urea groups is 1. The number of nitrogens with one attached hydrogen (secondary N) is 2. The van der Waals surface area contributed by atoms with E-state index in [9.17, 15) is 14.7 Å². The minimum atomic E-state index is -0.545. The first kappa shape index (κ1) is 16.5. The molecule has 0 heterocycles. The van der Waals surface area contributed by atoms with Gasteiger partial charge < -0.3 is 15.7 Å². The van der Waals surface area contributed by atoms with Crippen LogP contribution in [0.3, 0.4) is 0 Å². The summed E-state index contributed by atoms with van der Waals surface area (Å²) in [5, 5.41) is 15.1. The summed E-state index contributed by atoms with van der Waals surface area (Å²) in [6, 6.07) is 5.07. The van der Waals surface area contributed by atoms with E-state index in [2.05, 4.69) is 10.6 Å². The Bertz CT molecular complexity index is 555. The number of rotatable bonds is 5. The van der Waals surface area contributed by atoms with E-state index in [0.29, 0.717) is 30.0 Å². The van der Waals surface area contributed by atoms with Gasteiger partial charge >= 0.3 is 6.03 Å². The molecule has 1 aliphatic carbocycles. The van der Waals surface area contributed by atoms with Gasteiger partial charge in [-0.15, -0.1) is 0 Å². The molecule has 2 rings (SSSR count). The first-order valence-electron chi connectivity index (χ1n) is 7.84. The number of Topliss-reactive ketones (excluding diaryl/α,β-unsaturated/α-hetero) is 1. The number of benzene rings is 1. The zero-order valence-electron chi connectivity index (χ0n) is 13.2. The van der Waals surface area contributed by atoms with Crippen LogP contribution in [0, 0.1) is 5.92 Å². The van der Waals surface area contributed by atoms with Crippen molar-refractivity contribution >= 4 is 17.5 Å². The van der Waals surface area contributed by atoms with Crippen molar-refractivity contribution in [2.75, 3.05) is 11.9 Å². The maximum atomic E-state index is 11.9. The van der Waals surface area contributed by atoms with Gasteiger partial charge in [-0.05, 0) is 42.9 Å². The summed E-state index contributed by atoms with van der Waals surface area (Å²) in [6.07, 6.45) is 2.48. The molecule has 0 spiro atoms. The quantitative estimate of drug-likeness (QED) is 0.782. The van der Waals surface area contributed by atoms with Crippen molar-refractivity contribution in [1.82, 2.24) is 5.32 Å². The second kappa shape index (κ2) is 7.40. The topological polar surface area (TPSA) is 78.4 Å². The van der Waals surface area contributed by atoms with Crippen LogP contribution in [-0.4, -0.2) is 29.6 Å². The van der Waals surface area contributed by atoms with Crippen LogP contribution in [-0.2, 0) is 6.42 Å². The third-order valence-electron chi connectivity index (χ3n) is 3.76. The third kappa shape index (κ3) is 4.56. The number of hydrogen-bond donors (Lipinski definition) is 3. The smallest absolute Gasteiger partial charge is 0.319 e. The second-order valence-electron chi connectivity index (χ2n) is 6.27. The van der Waals surface area contributed by atoms with Gasteiger partial charge in [0.25, 0.3) is 0 Å². The SMILES string of the molecule is CC(C)CC(O)CNC(=O)Nc1ccc2c(c1)C(=O)CCC2. The summed E-state index contributed by atoms with van der Waals surface area (Å²) >= 11 is 0. The van der Waals surface area contributed by atoms with Gasteiger partial charge in [-0.1, -0.05) is 19.9 Å². The minimum Gasteiger partial charge on any atom is -0.391 e. The van der Waals surface area contributed by atoms with Crippen LogP contribution in [0.5, 0.6) is 0 Å². The van der Waals surface area contributed by atoms with Gasteiger partial charge in [0, 0.05) is 24.2 Å². The fraction of sp³-hybridized carbons (Fsp3) is 0.529. The fourth-order valence-electron chi connectivity index (χ4n) is 2.72. The molecule has 2 amide bonds. The lowest BCUT2D eigenvalue weighted by Crippen LogP contribution is -2.35. The number of amides is 2. The van der Waals surface area contributed by atoms with Crippen molar-refractivity contribution in [2.45, 2.75) is 45.6 Å². The highest BCUT2D eigenvalue weighted by atomic mass is 16.3. The summed E-state index contributed by atoms with van der Waals surface area (Å²) < 4.78 is 0. The summed E-state index contributed by atoms with van der Waals surface area (Å²) in [5.74, 6) is 0.518. The highest BCUT2D eigenvalue weighted by Crippen LogP contribution is 2.24. The predicted octanol–water partition coefficient (Wildman–Crippen LogP) is 2.73. The van der Waals surface area contributed by atoms with E-state index in [1.54, 1.807) is 6.07 Å². The number of anilines is 1. The summed E-state index contributed by atoms with van der Waals surface area (Å²) in [4.78, 5) is 23.7. The number of aryl methyl sites for hydroxylation is 1. The lowest BCUT2D eigenvalue weighted by molar-refractivity contribution is 0.0972. The van der Waals surface area contributed by atoms with E-state index in [4.69, 9.17) is 0 Å². The first-order chi connectivity index (χ1) is 10.5. The van der Waals surface area contributed by atoms with Gasteiger partial charge in [0.1, 0.15) is 0 Å². The van der Waals surface area contributed by atoms with Crippen LogP contribution in [0.2, 0.25) is 0 Å². The molecule has 0 saturated heterocycles. The molecule has 0 radical (unpaired) electrons. The number of aliphatic hydroxyl groups excluding tert-OH is 1. The standard InChI is InChI=1S/C17H24N2O3/c1-11(2)8-14(20)10-18-17(22)19-13-7-6-12-4-3-5-16(21)15(12)9-13/h6-7,9,11,14,20H,3-5,8,10H2,1-2H3,(H2,18,19,22). The Labute approximate surface area is 131 Å². The highest BCUT2D eigenvalue weighted by molar-refractivity contribution is 6.00. The van der Waals surface area contributed by atoms with Gasteiger partial charge in [-0.2, -0.15) is 0 Å². The van der Waals surface area contributed by atoms with E-state index in [1.165, 1.54) is 0 Å². The number of carbonyl (C=O) groups is 2. The number of ketones is 1. The van der Waals surface area contributed by atoms with Crippen molar-refractivity contribution < 1.29 is 14.7 Å². The Morgan fingerprint density at radius 1 is 1.32 bits per heavy atom. The molecule has 1 aromatic rings. The predicted molar refractivity (Wildman–Crippen MR) is 86.2 cm³/mol. The van der Waals surface area contributed by atoms with Crippen molar-refractivity contribution in [3.8, 4) is 0 Å². The first-order valence-corrected chi connectivity index (χ1v) is 7.84. The molecule has 1 unspecified atom stereocenters. The Hall–Kier alpha value is -1.88. The molecule has 5 nitrogen and oxygen atoms in total. The molecule has 1 atom stereocenters. The molecule has 0 fully saturated rings. The average Bonchev–Trinajstić information content (AvgIpc) is 2.45. The van der Waals surface area contributed by atoms with Crippen LogP contribution in [0.25, 0.3) is 0 Å². The molecule has 0 bridgehead atoms. The molecule has 3 N–H and O–H groups in total. The van der Waals surface area contributed by atoms with Crippen molar-refractivity contribution in [3.05, 3.63) is 29.3 Å². The van der Waals surface area contributed by atoms with Crippen molar-refractivity contribution in [1.29, 1.82) is 0 Å². The van der Waals surface area contributed by atoms with Gasteiger partial charge in [0.2, 0.25) is 0 Å². The number of hydrogen-bond acceptors (Lipinski definition) is 3. The molecule has 120 valence electrons. The van der Waals surface area contributed by atoms with Gasteiger partial charge in [0.15, 0.2) is 5.78 Å². The third-order valence-corrected chi connectivity index (χ3v) is 3.76. The van der Waals surface area contributed by atoms with Gasteiger partial charge in [0.05, 0.1) is 6.10 Å². The fourth-order valence-corrected chi connectivity index (χ4v) is 2.72. The van der Waals surface area contributed by atoms with E-state index < -0.39 is 6.10 Å². The molecule has 5 heteroatoms. The Morgan fingerprint density at radius 3 is 2.82 bits per heavy atom. The van der Waals surface area contributed by atoms with Gasteiger partial charge in [-0.3, -0.25) is 4.79 Å². The molecule has 1 aromatic carbocycles. The zero-order chi connectivity index (χ0) is 16.1. The molecule has 1 aliphatic rings. The molecule has 0 aromatic heterocycles. The van der Waals surface area contributed by atoms with Gasteiger partial charge in [-0.25, -0.2) is 4.79 Å². The van der Waals surface area contributed by atoms with E-state index in [1.807, 2.05) is 26.0 Å². The Balaban J connectivity index is 1.89. The Morgan fingerprint density at radius 2 is 2.09 bits per heavy atom. The lowest BCUT2D eigenvalue weighted by Gasteiger charge is -2.17. The zero-order valence-corrected chi connectivity index (χ0v) is 13.2. The monoisotopic (exact) mass is 304 g/mol.